The average Bonchev–Trinajstić information content (AvgIpc) is 2.43. The molecule has 0 unspecified atom stereocenters. The third-order valence-corrected chi connectivity index (χ3v) is 3.69. The lowest BCUT2D eigenvalue weighted by Crippen LogP contribution is -2.05. The van der Waals surface area contributed by atoms with Crippen molar-refractivity contribution in [1.29, 1.82) is 0 Å². The Morgan fingerprint density at radius 3 is 2.60 bits per heavy atom. The molecule has 2 aromatic rings. The second kappa shape index (κ2) is 6.29. The van der Waals surface area contributed by atoms with E-state index < -0.39 is 0 Å². The van der Waals surface area contributed by atoms with Crippen molar-refractivity contribution in [3.63, 3.8) is 0 Å². The third kappa shape index (κ3) is 3.33. The predicted molar refractivity (Wildman–Crippen MR) is 82.2 cm³/mol. The van der Waals surface area contributed by atoms with Gasteiger partial charge in [-0.2, -0.15) is 0 Å². The van der Waals surface area contributed by atoms with Gasteiger partial charge >= 0.3 is 0 Å². The quantitative estimate of drug-likeness (QED) is 0.763. The molecule has 2 rings (SSSR count). The molecule has 0 atom stereocenters. The van der Waals surface area contributed by atoms with Crippen LogP contribution in [0.3, 0.4) is 0 Å². The van der Waals surface area contributed by atoms with Crippen LogP contribution in [0.5, 0.6) is 5.75 Å². The molecule has 0 saturated heterocycles. The van der Waals surface area contributed by atoms with Crippen molar-refractivity contribution >= 4 is 29.0 Å². The highest BCUT2D eigenvalue weighted by Crippen LogP contribution is 2.24. The number of benzene rings is 2. The molecule has 0 aliphatic heterocycles. The van der Waals surface area contributed by atoms with E-state index in [0.717, 1.165) is 11.1 Å². The van der Waals surface area contributed by atoms with Crippen molar-refractivity contribution in [1.82, 2.24) is 0 Å². The van der Waals surface area contributed by atoms with Gasteiger partial charge in [0.15, 0.2) is 5.78 Å². The van der Waals surface area contributed by atoms with E-state index in [-0.39, 0.29) is 12.2 Å². The first-order valence-electron chi connectivity index (χ1n) is 6.13. The van der Waals surface area contributed by atoms with Gasteiger partial charge in [0.25, 0.3) is 0 Å². The van der Waals surface area contributed by atoms with Gasteiger partial charge in [-0.15, -0.1) is 0 Å². The van der Waals surface area contributed by atoms with Gasteiger partial charge < -0.3 is 4.74 Å². The fourth-order valence-electron chi connectivity index (χ4n) is 1.95. The largest absolute Gasteiger partial charge is 0.496 e. The van der Waals surface area contributed by atoms with Gasteiger partial charge in [-0.3, -0.25) is 4.79 Å². The first-order valence-corrected chi connectivity index (χ1v) is 6.88. The number of carbonyl (C=O) groups excluding carboxylic acids is 1. The van der Waals surface area contributed by atoms with Gasteiger partial charge in [0, 0.05) is 22.0 Å². The van der Waals surface area contributed by atoms with Crippen LogP contribution in [-0.4, -0.2) is 12.9 Å². The van der Waals surface area contributed by atoms with Crippen LogP contribution in [-0.2, 0) is 6.42 Å². The van der Waals surface area contributed by atoms with Gasteiger partial charge in [0.2, 0.25) is 0 Å². The molecule has 0 amide bonds. The summed E-state index contributed by atoms with van der Waals surface area (Å²) in [6, 6.07) is 10.5. The van der Waals surface area contributed by atoms with Crippen molar-refractivity contribution in [3.05, 3.63) is 63.1 Å². The Morgan fingerprint density at radius 2 is 1.90 bits per heavy atom. The Hall–Kier alpha value is -1.51. The monoisotopic (exact) mass is 308 g/mol. The first-order chi connectivity index (χ1) is 9.51. The smallest absolute Gasteiger partial charge is 0.167 e. The van der Waals surface area contributed by atoms with Crippen LogP contribution in [0.15, 0.2) is 36.4 Å². The predicted octanol–water partition coefficient (Wildman–Crippen LogP) is 4.74. The molecule has 0 aliphatic carbocycles. The second-order valence-electron chi connectivity index (χ2n) is 4.52. The Labute approximate surface area is 128 Å². The maximum Gasteiger partial charge on any atom is 0.167 e. The fourth-order valence-corrected chi connectivity index (χ4v) is 2.33. The Morgan fingerprint density at radius 1 is 1.15 bits per heavy atom. The van der Waals surface area contributed by atoms with Crippen LogP contribution in [0.25, 0.3) is 0 Å². The molecule has 2 nitrogen and oxygen atoms in total. The van der Waals surface area contributed by atoms with E-state index in [4.69, 9.17) is 27.9 Å². The molecule has 0 bridgehead atoms. The lowest BCUT2D eigenvalue weighted by molar-refractivity contribution is 0.0992. The standard InChI is InChI=1S/C16H14Cl2O2/c1-10-3-4-11(9-16(10)20-2)15(19)8-12-7-13(17)5-6-14(12)18/h3-7,9H,8H2,1-2H3. The fraction of sp³-hybridized carbons (Fsp3) is 0.188. The molecule has 0 saturated carbocycles. The Bertz CT molecular complexity index is 651. The number of methoxy groups -OCH3 is 1. The normalized spacial score (nSPS) is 10.4. The molecule has 2 aromatic carbocycles. The van der Waals surface area contributed by atoms with E-state index in [1.165, 1.54) is 0 Å². The molecular formula is C16H14Cl2O2. The molecule has 0 aliphatic rings. The van der Waals surface area contributed by atoms with Crippen LogP contribution in [0.4, 0.5) is 0 Å². The summed E-state index contributed by atoms with van der Waals surface area (Å²) < 4.78 is 5.23. The average molecular weight is 309 g/mol. The molecule has 0 spiro atoms. The summed E-state index contributed by atoms with van der Waals surface area (Å²) >= 11 is 12.0. The van der Waals surface area contributed by atoms with Gasteiger partial charge in [0.1, 0.15) is 5.75 Å². The van der Waals surface area contributed by atoms with E-state index in [1.54, 1.807) is 37.4 Å². The molecule has 0 radical (unpaired) electrons. The van der Waals surface area contributed by atoms with Crippen molar-refractivity contribution in [3.8, 4) is 5.75 Å². The van der Waals surface area contributed by atoms with Gasteiger partial charge in [-0.05, 0) is 42.3 Å². The van der Waals surface area contributed by atoms with E-state index in [1.807, 2.05) is 13.0 Å². The molecule has 0 aromatic heterocycles. The Kier molecular flexibility index (Phi) is 4.69. The van der Waals surface area contributed by atoms with E-state index in [2.05, 4.69) is 0 Å². The topological polar surface area (TPSA) is 26.3 Å². The van der Waals surface area contributed by atoms with Crippen LogP contribution >= 0.6 is 23.2 Å². The lowest BCUT2D eigenvalue weighted by Gasteiger charge is -2.08. The number of aryl methyl sites for hydroxylation is 1. The van der Waals surface area contributed by atoms with Crippen molar-refractivity contribution in [2.45, 2.75) is 13.3 Å². The summed E-state index contributed by atoms with van der Waals surface area (Å²) in [6.07, 6.45) is 0.214. The van der Waals surface area contributed by atoms with E-state index >= 15 is 0 Å². The summed E-state index contributed by atoms with van der Waals surface area (Å²) in [5.41, 5.74) is 2.32. The van der Waals surface area contributed by atoms with E-state index in [9.17, 15) is 4.79 Å². The number of ether oxygens (including phenoxy) is 1. The minimum Gasteiger partial charge on any atom is -0.496 e. The summed E-state index contributed by atoms with van der Waals surface area (Å²) in [6.45, 7) is 1.93. The zero-order chi connectivity index (χ0) is 14.7. The highest BCUT2D eigenvalue weighted by molar-refractivity contribution is 6.33. The van der Waals surface area contributed by atoms with Crippen LogP contribution < -0.4 is 4.74 Å². The zero-order valence-corrected chi connectivity index (χ0v) is 12.8. The Balaban J connectivity index is 2.26. The third-order valence-electron chi connectivity index (χ3n) is 3.09. The maximum atomic E-state index is 12.3. The van der Waals surface area contributed by atoms with Crippen molar-refractivity contribution < 1.29 is 9.53 Å². The number of hydrogen-bond acceptors (Lipinski definition) is 2. The molecule has 0 N–H and O–H groups in total. The summed E-state index contributed by atoms with van der Waals surface area (Å²) in [5.74, 6) is 0.681. The number of halogens is 2. The number of hydrogen-bond donors (Lipinski definition) is 0. The minimum atomic E-state index is -0.0209. The summed E-state index contributed by atoms with van der Waals surface area (Å²) in [5, 5.41) is 1.11. The van der Waals surface area contributed by atoms with Gasteiger partial charge in [-0.25, -0.2) is 0 Å². The zero-order valence-electron chi connectivity index (χ0n) is 11.2. The second-order valence-corrected chi connectivity index (χ2v) is 5.36. The lowest BCUT2D eigenvalue weighted by atomic mass is 10.0. The van der Waals surface area contributed by atoms with Crippen LogP contribution in [0.2, 0.25) is 10.0 Å². The molecule has 20 heavy (non-hydrogen) atoms. The van der Waals surface area contributed by atoms with Gasteiger partial charge in [0.05, 0.1) is 7.11 Å². The maximum absolute atomic E-state index is 12.3. The van der Waals surface area contributed by atoms with Crippen LogP contribution in [0, 0.1) is 6.92 Å². The van der Waals surface area contributed by atoms with E-state index in [0.29, 0.717) is 21.4 Å². The summed E-state index contributed by atoms with van der Waals surface area (Å²) in [4.78, 5) is 12.3. The molecule has 0 heterocycles. The molecule has 4 heteroatoms. The highest BCUT2D eigenvalue weighted by atomic mass is 35.5. The number of Topliss-reactive ketones (excluding diaryl/α,β-unsaturated/α-hetero) is 1. The number of carbonyl (C=O) groups is 1. The van der Waals surface area contributed by atoms with Crippen molar-refractivity contribution in [2.75, 3.05) is 7.11 Å². The first kappa shape index (κ1) is 14.9. The number of rotatable bonds is 4. The SMILES string of the molecule is COc1cc(C(=O)Cc2cc(Cl)ccc2Cl)ccc1C. The highest BCUT2D eigenvalue weighted by Gasteiger charge is 2.12. The van der Waals surface area contributed by atoms with Gasteiger partial charge in [-0.1, -0.05) is 35.3 Å². The molecule has 0 fully saturated rings. The van der Waals surface area contributed by atoms with Crippen molar-refractivity contribution in [2.24, 2.45) is 0 Å². The molecule has 104 valence electrons. The minimum absolute atomic E-state index is 0.0209. The molecular weight excluding hydrogens is 295 g/mol. The number of ketones is 1. The summed E-state index contributed by atoms with van der Waals surface area (Å²) in [7, 11) is 1.59. The van der Waals surface area contributed by atoms with Crippen LogP contribution in [0.1, 0.15) is 21.5 Å².